The topological polar surface area (TPSA) is 50.2 Å². The summed E-state index contributed by atoms with van der Waals surface area (Å²) in [6.07, 6.45) is 2.59. The summed E-state index contributed by atoms with van der Waals surface area (Å²) in [4.78, 5) is 14.8. The number of carbonyl (C=O) groups is 1. The lowest BCUT2D eigenvalue weighted by Gasteiger charge is -2.12. The lowest BCUT2D eigenvalue weighted by Crippen LogP contribution is -2.32. The van der Waals surface area contributed by atoms with Crippen molar-refractivity contribution in [2.75, 3.05) is 27.2 Å². The van der Waals surface area contributed by atoms with Crippen molar-refractivity contribution in [3.05, 3.63) is 52.8 Å². The van der Waals surface area contributed by atoms with Crippen molar-refractivity contribution in [1.29, 1.82) is 0 Å². The number of rotatable bonds is 9. The SMILES string of the molecule is CCCc1nn(Cc2ccccc2)c(CC)c1C(=O)NCCN(C)C. The zero-order valence-corrected chi connectivity index (χ0v) is 15.9. The molecule has 0 saturated heterocycles. The second-order valence-corrected chi connectivity index (χ2v) is 6.57. The molecule has 1 aromatic heterocycles. The van der Waals surface area contributed by atoms with Gasteiger partial charge in [0.1, 0.15) is 0 Å². The molecular formula is C20H30N4O. The fourth-order valence-electron chi connectivity index (χ4n) is 2.95. The Balaban J connectivity index is 2.28. The number of nitrogens with zero attached hydrogens (tertiary/aromatic N) is 3. The van der Waals surface area contributed by atoms with Crippen LogP contribution in [0.2, 0.25) is 0 Å². The summed E-state index contributed by atoms with van der Waals surface area (Å²) in [6, 6.07) is 10.3. The Hall–Kier alpha value is -2.14. The Morgan fingerprint density at radius 1 is 1.20 bits per heavy atom. The average molecular weight is 342 g/mol. The number of aryl methyl sites for hydroxylation is 1. The smallest absolute Gasteiger partial charge is 0.255 e. The summed E-state index contributed by atoms with van der Waals surface area (Å²) < 4.78 is 2.00. The molecule has 1 N–H and O–H groups in total. The van der Waals surface area contributed by atoms with E-state index in [-0.39, 0.29) is 5.91 Å². The number of amides is 1. The zero-order valence-electron chi connectivity index (χ0n) is 15.9. The van der Waals surface area contributed by atoms with E-state index in [0.29, 0.717) is 13.1 Å². The number of aromatic nitrogens is 2. The monoisotopic (exact) mass is 342 g/mol. The van der Waals surface area contributed by atoms with E-state index in [0.717, 1.165) is 42.8 Å². The van der Waals surface area contributed by atoms with Gasteiger partial charge in [-0.2, -0.15) is 5.10 Å². The summed E-state index contributed by atoms with van der Waals surface area (Å²) in [5.41, 5.74) is 3.91. The summed E-state index contributed by atoms with van der Waals surface area (Å²) in [5, 5.41) is 7.82. The Bertz CT molecular complexity index is 677. The molecule has 0 spiro atoms. The number of likely N-dealkylation sites (N-methyl/N-ethyl adjacent to an activating group) is 1. The first kappa shape index (κ1) is 19.2. The molecule has 25 heavy (non-hydrogen) atoms. The van der Waals surface area contributed by atoms with Crippen LogP contribution in [0.4, 0.5) is 0 Å². The number of nitrogens with one attached hydrogen (secondary N) is 1. The van der Waals surface area contributed by atoms with Gasteiger partial charge in [0.05, 0.1) is 23.5 Å². The molecule has 0 aliphatic carbocycles. The molecule has 0 radical (unpaired) electrons. The van der Waals surface area contributed by atoms with E-state index in [1.807, 2.05) is 37.0 Å². The maximum absolute atomic E-state index is 12.8. The molecule has 2 rings (SSSR count). The first-order valence-corrected chi connectivity index (χ1v) is 9.12. The highest BCUT2D eigenvalue weighted by molar-refractivity contribution is 5.96. The van der Waals surface area contributed by atoms with E-state index in [1.54, 1.807) is 0 Å². The minimum atomic E-state index is 0.00135. The van der Waals surface area contributed by atoms with E-state index in [1.165, 1.54) is 5.56 Å². The predicted octanol–water partition coefficient (Wildman–Crippen LogP) is 2.74. The van der Waals surface area contributed by atoms with Crippen LogP contribution in [0.25, 0.3) is 0 Å². The van der Waals surface area contributed by atoms with Gasteiger partial charge in [-0.1, -0.05) is 50.6 Å². The van der Waals surface area contributed by atoms with E-state index in [9.17, 15) is 4.79 Å². The van der Waals surface area contributed by atoms with Gasteiger partial charge in [-0.3, -0.25) is 9.48 Å². The van der Waals surface area contributed by atoms with Crippen LogP contribution >= 0.6 is 0 Å². The minimum absolute atomic E-state index is 0.00135. The Labute approximate surface area is 151 Å². The van der Waals surface area contributed by atoms with Crippen LogP contribution in [0, 0.1) is 0 Å². The lowest BCUT2D eigenvalue weighted by molar-refractivity contribution is 0.0949. The molecule has 0 fully saturated rings. The standard InChI is InChI=1S/C20H30N4O/c1-5-10-17-19(20(25)21-13-14-23(3)4)18(6-2)24(22-17)15-16-11-8-7-9-12-16/h7-9,11-12H,5-6,10,13-15H2,1-4H3,(H,21,25). The first-order chi connectivity index (χ1) is 12.1. The second-order valence-electron chi connectivity index (χ2n) is 6.57. The molecule has 0 unspecified atom stereocenters. The third kappa shape index (κ3) is 5.16. The third-order valence-electron chi connectivity index (χ3n) is 4.20. The molecule has 1 amide bonds. The minimum Gasteiger partial charge on any atom is -0.351 e. The summed E-state index contributed by atoms with van der Waals surface area (Å²) in [6.45, 7) is 6.38. The van der Waals surface area contributed by atoms with Gasteiger partial charge in [-0.05, 0) is 32.5 Å². The number of hydrogen-bond acceptors (Lipinski definition) is 3. The molecule has 0 aliphatic heterocycles. The fourth-order valence-corrected chi connectivity index (χ4v) is 2.95. The lowest BCUT2D eigenvalue weighted by atomic mass is 10.1. The number of carbonyl (C=O) groups excluding carboxylic acids is 1. The first-order valence-electron chi connectivity index (χ1n) is 9.12. The van der Waals surface area contributed by atoms with E-state index in [4.69, 9.17) is 5.10 Å². The normalized spacial score (nSPS) is 11.1. The van der Waals surface area contributed by atoms with Crippen LogP contribution in [-0.2, 0) is 19.4 Å². The van der Waals surface area contributed by atoms with E-state index in [2.05, 4.69) is 36.2 Å². The Morgan fingerprint density at radius 2 is 1.92 bits per heavy atom. The molecule has 0 bridgehead atoms. The van der Waals surface area contributed by atoms with Crippen molar-refractivity contribution in [3.8, 4) is 0 Å². The maximum Gasteiger partial charge on any atom is 0.255 e. The van der Waals surface area contributed by atoms with Gasteiger partial charge in [-0.15, -0.1) is 0 Å². The fraction of sp³-hybridized carbons (Fsp3) is 0.500. The molecule has 1 aromatic carbocycles. The van der Waals surface area contributed by atoms with Crippen LogP contribution < -0.4 is 5.32 Å². The third-order valence-corrected chi connectivity index (χ3v) is 4.20. The molecule has 1 heterocycles. The highest BCUT2D eigenvalue weighted by Crippen LogP contribution is 2.19. The largest absolute Gasteiger partial charge is 0.351 e. The van der Waals surface area contributed by atoms with Gasteiger partial charge < -0.3 is 10.2 Å². The van der Waals surface area contributed by atoms with Crippen LogP contribution in [0.1, 0.15) is 47.6 Å². The van der Waals surface area contributed by atoms with Gasteiger partial charge in [-0.25, -0.2) is 0 Å². The number of hydrogen-bond donors (Lipinski definition) is 1. The molecular weight excluding hydrogens is 312 g/mol. The van der Waals surface area contributed by atoms with Crippen LogP contribution in [0.3, 0.4) is 0 Å². The number of benzene rings is 1. The quantitative estimate of drug-likeness (QED) is 0.762. The molecule has 136 valence electrons. The summed E-state index contributed by atoms with van der Waals surface area (Å²) in [7, 11) is 4.01. The van der Waals surface area contributed by atoms with Crippen molar-refractivity contribution in [1.82, 2.24) is 20.0 Å². The van der Waals surface area contributed by atoms with Gasteiger partial charge in [0, 0.05) is 13.1 Å². The second kappa shape index (κ2) is 9.37. The zero-order chi connectivity index (χ0) is 18.2. The average Bonchev–Trinajstić information content (AvgIpc) is 2.92. The van der Waals surface area contributed by atoms with Gasteiger partial charge >= 0.3 is 0 Å². The summed E-state index contributed by atoms with van der Waals surface area (Å²) in [5.74, 6) is 0.00135. The van der Waals surface area contributed by atoms with Gasteiger partial charge in [0.2, 0.25) is 0 Å². The molecule has 5 heteroatoms. The Kier molecular flexibility index (Phi) is 7.19. The predicted molar refractivity (Wildman–Crippen MR) is 102 cm³/mol. The van der Waals surface area contributed by atoms with Gasteiger partial charge in [0.15, 0.2) is 0 Å². The van der Waals surface area contributed by atoms with Crippen molar-refractivity contribution in [3.63, 3.8) is 0 Å². The maximum atomic E-state index is 12.8. The molecule has 0 atom stereocenters. The summed E-state index contributed by atoms with van der Waals surface area (Å²) >= 11 is 0. The Morgan fingerprint density at radius 3 is 2.52 bits per heavy atom. The van der Waals surface area contributed by atoms with E-state index >= 15 is 0 Å². The molecule has 0 saturated carbocycles. The van der Waals surface area contributed by atoms with Crippen molar-refractivity contribution >= 4 is 5.91 Å². The highest BCUT2D eigenvalue weighted by Gasteiger charge is 2.22. The van der Waals surface area contributed by atoms with Crippen LogP contribution in [0.5, 0.6) is 0 Å². The molecule has 2 aromatic rings. The highest BCUT2D eigenvalue weighted by atomic mass is 16.1. The van der Waals surface area contributed by atoms with Crippen LogP contribution in [0.15, 0.2) is 30.3 Å². The van der Waals surface area contributed by atoms with E-state index < -0.39 is 0 Å². The molecule has 0 aliphatic rings. The van der Waals surface area contributed by atoms with Crippen molar-refractivity contribution in [2.24, 2.45) is 0 Å². The van der Waals surface area contributed by atoms with Crippen molar-refractivity contribution < 1.29 is 4.79 Å². The van der Waals surface area contributed by atoms with Gasteiger partial charge in [0.25, 0.3) is 5.91 Å². The van der Waals surface area contributed by atoms with Crippen LogP contribution in [-0.4, -0.2) is 47.8 Å². The molecule has 5 nitrogen and oxygen atoms in total. The van der Waals surface area contributed by atoms with Crippen molar-refractivity contribution in [2.45, 2.75) is 39.7 Å².